The van der Waals surface area contributed by atoms with Crippen LogP contribution in [0.15, 0.2) is 35.5 Å². The molecule has 0 amide bonds. The summed E-state index contributed by atoms with van der Waals surface area (Å²) in [5, 5.41) is 19.6. The van der Waals surface area contributed by atoms with E-state index in [0.29, 0.717) is 30.4 Å². The predicted molar refractivity (Wildman–Crippen MR) is 107 cm³/mol. The van der Waals surface area contributed by atoms with Gasteiger partial charge in [0, 0.05) is 12.5 Å². The number of aliphatic hydroxyl groups is 2. The van der Waals surface area contributed by atoms with E-state index in [0.717, 1.165) is 0 Å². The number of esters is 3. The Hall–Kier alpha value is -2.45. The van der Waals surface area contributed by atoms with Gasteiger partial charge in [-0.15, -0.1) is 0 Å². The van der Waals surface area contributed by atoms with Gasteiger partial charge in [0.05, 0.1) is 25.0 Å². The van der Waals surface area contributed by atoms with E-state index in [1.54, 1.807) is 19.1 Å². The number of rotatable bonds is 6. The molecule has 0 aromatic rings. The first-order valence-corrected chi connectivity index (χ1v) is 10.1. The zero-order valence-corrected chi connectivity index (χ0v) is 17.6. The molecule has 0 aromatic carbocycles. The SMILES string of the molecule is C=C1C(=O)O[C@@H]2/C=C(\CO)CC/C=C(/CO)[C@H](OC(C)=O)[C@@H](OC(=O)C(C)CC)[C@@H]12. The van der Waals surface area contributed by atoms with Crippen molar-refractivity contribution in [1.29, 1.82) is 0 Å². The lowest BCUT2D eigenvalue weighted by molar-refractivity contribution is -0.171. The van der Waals surface area contributed by atoms with Crippen molar-refractivity contribution in [2.24, 2.45) is 11.8 Å². The number of carbonyl (C=O) groups excluding carboxylic acids is 3. The standard InChI is InChI=1S/C22H30O8/c1-5-12(2)21(26)30-20-18-13(3)22(27)29-17(18)9-15(10-23)7-6-8-16(11-24)19(20)28-14(4)25/h8-9,12,17-20,23-24H,3,5-7,10-11H2,1-2,4H3/b15-9-,16-8-/t12?,17-,18+,19+,20+/m1/s1. The summed E-state index contributed by atoms with van der Waals surface area (Å²) in [6.45, 7) is 7.89. The van der Waals surface area contributed by atoms with Gasteiger partial charge in [-0.3, -0.25) is 9.59 Å². The highest BCUT2D eigenvalue weighted by Crippen LogP contribution is 2.37. The lowest BCUT2D eigenvalue weighted by Gasteiger charge is -2.34. The van der Waals surface area contributed by atoms with Crippen LogP contribution in [0, 0.1) is 11.8 Å². The number of ether oxygens (including phenoxy) is 3. The zero-order chi connectivity index (χ0) is 22.4. The molecule has 1 heterocycles. The molecular weight excluding hydrogens is 392 g/mol. The molecule has 2 N–H and O–H groups in total. The average Bonchev–Trinajstić information content (AvgIpc) is 2.99. The molecule has 0 bridgehead atoms. The molecule has 8 heteroatoms. The minimum atomic E-state index is -1.13. The van der Waals surface area contributed by atoms with Crippen molar-refractivity contribution in [3.63, 3.8) is 0 Å². The molecule has 30 heavy (non-hydrogen) atoms. The van der Waals surface area contributed by atoms with E-state index in [2.05, 4.69) is 6.58 Å². The summed E-state index contributed by atoms with van der Waals surface area (Å²) in [4.78, 5) is 36.8. The van der Waals surface area contributed by atoms with Gasteiger partial charge >= 0.3 is 17.9 Å². The fourth-order valence-corrected chi connectivity index (χ4v) is 3.56. The van der Waals surface area contributed by atoms with E-state index < -0.39 is 54.7 Å². The molecule has 2 aliphatic rings. The van der Waals surface area contributed by atoms with E-state index in [-0.39, 0.29) is 12.2 Å². The maximum absolute atomic E-state index is 12.7. The van der Waals surface area contributed by atoms with Gasteiger partial charge in [-0.1, -0.05) is 26.5 Å². The van der Waals surface area contributed by atoms with Crippen LogP contribution < -0.4 is 0 Å². The molecule has 2 rings (SSSR count). The summed E-state index contributed by atoms with van der Waals surface area (Å²) in [6, 6.07) is 0. The first kappa shape index (κ1) is 23.8. The minimum Gasteiger partial charge on any atom is -0.457 e. The Morgan fingerprint density at radius 3 is 2.57 bits per heavy atom. The van der Waals surface area contributed by atoms with Gasteiger partial charge in [0.25, 0.3) is 0 Å². The highest BCUT2D eigenvalue weighted by molar-refractivity contribution is 5.91. The van der Waals surface area contributed by atoms with Crippen LogP contribution in [-0.4, -0.2) is 59.6 Å². The number of fused-ring (bicyclic) bond motifs is 1. The summed E-state index contributed by atoms with van der Waals surface area (Å²) in [5.41, 5.74) is 1.06. The van der Waals surface area contributed by atoms with Crippen molar-refractivity contribution >= 4 is 17.9 Å². The van der Waals surface area contributed by atoms with Gasteiger partial charge < -0.3 is 24.4 Å². The number of hydrogen-bond donors (Lipinski definition) is 2. The van der Waals surface area contributed by atoms with E-state index in [1.807, 2.05) is 6.92 Å². The smallest absolute Gasteiger partial charge is 0.334 e. The van der Waals surface area contributed by atoms with Crippen molar-refractivity contribution in [2.45, 2.75) is 58.3 Å². The molecule has 1 saturated heterocycles. The summed E-state index contributed by atoms with van der Waals surface area (Å²) in [5.74, 6) is -3.07. The van der Waals surface area contributed by atoms with Gasteiger partial charge in [-0.25, -0.2) is 4.79 Å². The first-order chi connectivity index (χ1) is 14.2. The molecule has 0 radical (unpaired) electrons. The second-order valence-corrected chi connectivity index (χ2v) is 7.62. The third-order valence-corrected chi connectivity index (χ3v) is 5.50. The summed E-state index contributed by atoms with van der Waals surface area (Å²) in [7, 11) is 0. The van der Waals surface area contributed by atoms with E-state index in [1.165, 1.54) is 6.92 Å². The monoisotopic (exact) mass is 422 g/mol. The fourth-order valence-electron chi connectivity index (χ4n) is 3.56. The number of hydrogen-bond acceptors (Lipinski definition) is 8. The molecule has 1 fully saturated rings. The average molecular weight is 422 g/mol. The van der Waals surface area contributed by atoms with Crippen LogP contribution in [0.5, 0.6) is 0 Å². The van der Waals surface area contributed by atoms with Crippen LogP contribution in [0.2, 0.25) is 0 Å². The summed E-state index contributed by atoms with van der Waals surface area (Å²) >= 11 is 0. The Morgan fingerprint density at radius 1 is 1.30 bits per heavy atom. The predicted octanol–water partition coefficient (Wildman–Crippen LogP) is 1.60. The van der Waals surface area contributed by atoms with E-state index in [9.17, 15) is 24.6 Å². The van der Waals surface area contributed by atoms with Crippen molar-refractivity contribution in [3.05, 3.63) is 35.5 Å². The second-order valence-electron chi connectivity index (χ2n) is 7.62. The van der Waals surface area contributed by atoms with Crippen molar-refractivity contribution in [3.8, 4) is 0 Å². The van der Waals surface area contributed by atoms with Crippen LogP contribution in [-0.2, 0) is 28.6 Å². The Balaban J connectivity index is 2.61. The highest BCUT2D eigenvalue weighted by Gasteiger charge is 2.49. The Labute approximate surface area is 176 Å². The molecule has 0 saturated carbocycles. The maximum Gasteiger partial charge on any atom is 0.334 e. The van der Waals surface area contributed by atoms with Crippen LogP contribution in [0.4, 0.5) is 0 Å². The molecule has 0 aromatic heterocycles. The quantitative estimate of drug-likeness (QED) is 0.287. The normalized spacial score (nSPS) is 31.4. The number of allylic oxidation sites excluding steroid dienone is 1. The molecule has 8 nitrogen and oxygen atoms in total. The Kier molecular flexibility index (Phi) is 8.37. The summed E-state index contributed by atoms with van der Waals surface area (Å²) < 4.78 is 16.7. The first-order valence-electron chi connectivity index (χ1n) is 10.1. The fraction of sp³-hybridized carbons (Fsp3) is 0.591. The highest BCUT2D eigenvalue weighted by atomic mass is 16.6. The third-order valence-electron chi connectivity index (χ3n) is 5.50. The van der Waals surface area contributed by atoms with Crippen molar-refractivity contribution in [2.75, 3.05) is 13.2 Å². The number of aliphatic hydroxyl groups excluding tert-OH is 2. The topological polar surface area (TPSA) is 119 Å². The van der Waals surface area contributed by atoms with E-state index in [4.69, 9.17) is 14.2 Å². The Bertz CT molecular complexity index is 750. The van der Waals surface area contributed by atoms with Gasteiger partial charge in [0.15, 0.2) is 12.2 Å². The molecule has 1 aliphatic carbocycles. The van der Waals surface area contributed by atoms with E-state index >= 15 is 0 Å². The maximum atomic E-state index is 12.7. The molecule has 1 unspecified atom stereocenters. The van der Waals surface area contributed by atoms with Gasteiger partial charge in [0.2, 0.25) is 0 Å². The van der Waals surface area contributed by atoms with Gasteiger partial charge in [-0.05, 0) is 36.5 Å². The van der Waals surface area contributed by atoms with Crippen molar-refractivity contribution in [1.82, 2.24) is 0 Å². The third kappa shape index (κ3) is 5.37. The largest absolute Gasteiger partial charge is 0.457 e. The van der Waals surface area contributed by atoms with Crippen LogP contribution in [0.3, 0.4) is 0 Å². The lowest BCUT2D eigenvalue weighted by atomic mass is 9.83. The molecule has 166 valence electrons. The molecular formula is C22H30O8. The second kappa shape index (κ2) is 10.5. The van der Waals surface area contributed by atoms with Crippen LogP contribution in [0.1, 0.15) is 40.0 Å². The number of carbonyl (C=O) groups is 3. The van der Waals surface area contributed by atoms with Crippen LogP contribution in [0.25, 0.3) is 0 Å². The minimum absolute atomic E-state index is 0.0745. The Morgan fingerprint density at radius 2 is 2.00 bits per heavy atom. The summed E-state index contributed by atoms with van der Waals surface area (Å²) in [6.07, 6.45) is 1.67. The lowest BCUT2D eigenvalue weighted by Crippen LogP contribution is -2.46. The molecule has 0 spiro atoms. The van der Waals surface area contributed by atoms with Crippen LogP contribution >= 0.6 is 0 Å². The van der Waals surface area contributed by atoms with Gasteiger partial charge in [0.1, 0.15) is 6.10 Å². The van der Waals surface area contributed by atoms with Crippen molar-refractivity contribution < 1.29 is 38.8 Å². The molecule has 1 aliphatic heterocycles. The zero-order valence-electron chi connectivity index (χ0n) is 17.6. The van der Waals surface area contributed by atoms with Gasteiger partial charge in [-0.2, -0.15) is 0 Å². The molecule has 5 atom stereocenters.